The monoisotopic (exact) mass is 511 g/mol. The number of hydrogen-bond acceptors (Lipinski definition) is 7. The number of amides is 1. The van der Waals surface area contributed by atoms with Gasteiger partial charge in [0, 0.05) is 31.7 Å². The zero-order valence-corrected chi connectivity index (χ0v) is 19.9. The van der Waals surface area contributed by atoms with Crippen LogP contribution in [0.4, 0.5) is 24.7 Å². The van der Waals surface area contributed by atoms with Crippen LogP contribution in [0.5, 0.6) is 5.75 Å². The molecule has 0 radical (unpaired) electrons. The fourth-order valence-electron chi connectivity index (χ4n) is 4.36. The van der Waals surface area contributed by atoms with Crippen LogP contribution in [-0.2, 0) is 0 Å². The Morgan fingerprint density at radius 1 is 1.03 bits per heavy atom. The van der Waals surface area contributed by atoms with E-state index < -0.39 is 18.6 Å². The van der Waals surface area contributed by atoms with Crippen molar-refractivity contribution < 1.29 is 22.7 Å². The largest absolute Gasteiger partial charge is 0.495 e. The van der Waals surface area contributed by atoms with Crippen molar-refractivity contribution >= 4 is 28.4 Å². The number of para-hydroxylation sites is 1. The van der Waals surface area contributed by atoms with E-state index in [9.17, 15) is 18.0 Å². The molecule has 0 atom stereocenters. The molecule has 2 aromatic heterocycles. The fourth-order valence-corrected chi connectivity index (χ4v) is 4.36. The SMILES string of the molecule is COc1ccc(C(=O)NCC(F)(F)F)cc1N1CCN(c2ncnc3c2cnn3-c2ccccc2)CC1. The molecule has 1 aliphatic rings. The Bertz CT molecular complexity index is 1400. The number of ether oxygens (including phenoxy) is 1. The molecule has 3 heterocycles. The number of fused-ring (bicyclic) bond motifs is 1. The molecule has 2 aromatic carbocycles. The van der Waals surface area contributed by atoms with E-state index in [1.54, 1.807) is 23.0 Å². The van der Waals surface area contributed by atoms with E-state index in [4.69, 9.17) is 4.74 Å². The predicted molar refractivity (Wildman–Crippen MR) is 132 cm³/mol. The Balaban J connectivity index is 1.34. The summed E-state index contributed by atoms with van der Waals surface area (Å²) in [7, 11) is 1.51. The number of anilines is 2. The third-order valence-electron chi connectivity index (χ3n) is 6.16. The number of hydrogen-bond donors (Lipinski definition) is 1. The highest BCUT2D eigenvalue weighted by Gasteiger charge is 2.28. The van der Waals surface area contributed by atoms with Crippen molar-refractivity contribution in [3.05, 3.63) is 66.6 Å². The van der Waals surface area contributed by atoms with Crippen molar-refractivity contribution in [3.8, 4) is 11.4 Å². The maximum absolute atomic E-state index is 12.5. The minimum absolute atomic E-state index is 0.133. The number of nitrogens with zero attached hydrogens (tertiary/aromatic N) is 6. The molecule has 0 bridgehead atoms. The average molecular weight is 512 g/mol. The van der Waals surface area contributed by atoms with Gasteiger partial charge in [0.1, 0.15) is 24.4 Å². The second-order valence-electron chi connectivity index (χ2n) is 8.49. The van der Waals surface area contributed by atoms with E-state index in [0.717, 1.165) is 16.9 Å². The van der Waals surface area contributed by atoms with Gasteiger partial charge in [-0.05, 0) is 30.3 Å². The molecule has 0 unspecified atom stereocenters. The lowest BCUT2D eigenvalue weighted by Gasteiger charge is -2.37. The van der Waals surface area contributed by atoms with Gasteiger partial charge in [-0.3, -0.25) is 4.79 Å². The topological polar surface area (TPSA) is 88.4 Å². The Morgan fingerprint density at radius 2 is 1.76 bits per heavy atom. The highest BCUT2D eigenvalue weighted by molar-refractivity contribution is 5.95. The lowest BCUT2D eigenvalue weighted by molar-refractivity contribution is -0.123. The van der Waals surface area contributed by atoms with Crippen molar-refractivity contribution in [1.82, 2.24) is 25.1 Å². The molecule has 1 fully saturated rings. The average Bonchev–Trinajstić information content (AvgIpc) is 3.36. The highest BCUT2D eigenvalue weighted by atomic mass is 19.4. The number of carbonyl (C=O) groups is 1. The van der Waals surface area contributed by atoms with Gasteiger partial charge in [0.05, 0.1) is 30.1 Å². The zero-order valence-electron chi connectivity index (χ0n) is 19.9. The summed E-state index contributed by atoms with van der Waals surface area (Å²) in [5, 5.41) is 7.26. The molecular formula is C25H24F3N7O2. The van der Waals surface area contributed by atoms with E-state index in [2.05, 4.69) is 20.0 Å². The van der Waals surface area contributed by atoms with Gasteiger partial charge in [-0.2, -0.15) is 18.3 Å². The van der Waals surface area contributed by atoms with E-state index in [1.165, 1.54) is 19.5 Å². The van der Waals surface area contributed by atoms with Crippen LogP contribution < -0.4 is 19.9 Å². The standard InChI is InChI=1S/C25H24F3N7O2/c1-37-21-8-7-17(24(36)29-15-25(26,27)28)13-20(21)33-9-11-34(12-10-33)22-19-14-32-35(23(19)31-16-30-22)18-5-3-2-4-6-18/h2-8,13-14,16H,9-12,15H2,1H3,(H,29,36). The van der Waals surface area contributed by atoms with Crippen LogP contribution >= 0.6 is 0 Å². The van der Waals surface area contributed by atoms with E-state index in [0.29, 0.717) is 43.3 Å². The van der Waals surface area contributed by atoms with Gasteiger partial charge in [-0.15, -0.1) is 0 Å². The second-order valence-corrected chi connectivity index (χ2v) is 8.49. The van der Waals surface area contributed by atoms with Gasteiger partial charge in [0.25, 0.3) is 5.91 Å². The summed E-state index contributed by atoms with van der Waals surface area (Å²) in [5.74, 6) is 0.520. The van der Waals surface area contributed by atoms with Crippen molar-refractivity contribution in [3.63, 3.8) is 0 Å². The molecule has 9 nitrogen and oxygen atoms in total. The maximum atomic E-state index is 12.5. The van der Waals surface area contributed by atoms with Crippen LogP contribution in [0.2, 0.25) is 0 Å². The number of carbonyl (C=O) groups excluding carboxylic acids is 1. The van der Waals surface area contributed by atoms with Gasteiger partial charge >= 0.3 is 6.18 Å². The maximum Gasteiger partial charge on any atom is 0.405 e. The van der Waals surface area contributed by atoms with Crippen molar-refractivity contribution in [2.45, 2.75) is 6.18 Å². The molecule has 1 saturated heterocycles. The summed E-state index contributed by atoms with van der Waals surface area (Å²) in [6.45, 7) is 1.03. The van der Waals surface area contributed by atoms with Crippen LogP contribution in [0.3, 0.4) is 0 Å². The Hall–Kier alpha value is -4.35. The van der Waals surface area contributed by atoms with E-state index in [-0.39, 0.29) is 5.56 Å². The number of alkyl halides is 3. The minimum Gasteiger partial charge on any atom is -0.495 e. The Morgan fingerprint density at radius 3 is 2.46 bits per heavy atom. The molecule has 1 aliphatic heterocycles. The van der Waals surface area contributed by atoms with Crippen molar-refractivity contribution in [1.29, 1.82) is 0 Å². The number of piperazine rings is 1. The first-order valence-corrected chi connectivity index (χ1v) is 11.6. The molecule has 12 heteroatoms. The third kappa shape index (κ3) is 5.13. The molecule has 0 saturated carbocycles. The minimum atomic E-state index is -4.48. The molecule has 37 heavy (non-hydrogen) atoms. The lowest BCUT2D eigenvalue weighted by Crippen LogP contribution is -2.47. The molecule has 4 aromatic rings. The Labute approximate surface area is 210 Å². The molecule has 0 spiro atoms. The highest BCUT2D eigenvalue weighted by Crippen LogP contribution is 2.32. The summed E-state index contributed by atoms with van der Waals surface area (Å²) >= 11 is 0. The molecule has 1 N–H and O–H groups in total. The quantitative estimate of drug-likeness (QED) is 0.424. The first-order valence-electron chi connectivity index (χ1n) is 11.6. The molecule has 1 amide bonds. The van der Waals surface area contributed by atoms with Crippen LogP contribution in [0.1, 0.15) is 10.4 Å². The number of methoxy groups -OCH3 is 1. The van der Waals surface area contributed by atoms with Crippen molar-refractivity contribution in [2.24, 2.45) is 0 Å². The van der Waals surface area contributed by atoms with Crippen LogP contribution in [-0.4, -0.2) is 71.7 Å². The number of rotatable bonds is 6. The smallest absolute Gasteiger partial charge is 0.405 e. The normalized spacial score (nSPS) is 14.2. The number of halogens is 3. The van der Waals surface area contributed by atoms with Gasteiger partial charge in [0.15, 0.2) is 5.65 Å². The summed E-state index contributed by atoms with van der Waals surface area (Å²) in [6.07, 6.45) is -1.20. The summed E-state index contributed by atoms with van der Waals surface area (Å²) in [5.41, 5.74) is 2.39. The summed E-state index contributed by atoms with van der Waals surface area (Å²) in [6, 6.07) is 14.3. The first-order chi connectivity index (χ1) is 17.8. The molecular weight excluding hydrogens is 487 g/mol. The Kier molecular flexibility index (Phi) is 6.55. The van der Waals surface area contributed by atoms with Gasteiger partial charge in [0.2, 0.25) is 0 Å². The molecule has 5 rings (SSSR count). The summed E-state index contributed by atoms with van der Waals surface area (Å²) in [4.78, 5) is 25.4. The number of nitrogens with one attached hydrogen (secondary N) is 1. The van der Waals surface area contributed by atoms with Gasteiger partial charge < -0.3 is 19.9 Å². The second kappa shape index (κ2) is 9.96. The van der Waals surface area contributed by atoms with Crippen LogP contribution in [0, 0.1) is 0 Å². The van der Waals surface area contributed by atoms with Crippen molar-refractivity contribution in [2.75, 3.05) is 49.6 Å². The number of benzene rings is 2. The van der Waals surface area contributed by atoms with E-state index in [1.807, 2.05) is 40.5 Å². The van der Waals surface area contributed by atoms with E-state index >= 15 is 0 Å². The molecule has 0 aliphatic carbocycles. The fraction of sp³-hybridized carbons (Fsp3) is 0.280. The first kappa shape index (κ1) is 24.3. The van der Waals surface area contributed by atoms with Crippen LogP contribution in [0.15, 0.2) is 61.1 Å². The molecule has 192 valence electrons. The van der Waals surface area contributed by atoms with Crippen LogP contribution in [0.25, 0.3) is 16.7 Å². The zero-order chi connectivity index (χ0) is 26.0. The summed E-state index contributed by atoms with van der Waals surface area (Å²) < 4.78 is 44.8. The number of aromatic nitrogens is 4. The van der Waals surface area contributed by atoms with Gasteiger partial charge in [-0.25, -0.2) is 14.6 Å². The predicted octanol–water partition coefficient (Wildman–Crippen LogP) is 3.44. The third-order valence-corrected chi connectivity index (χ3v) is 6.16. The lowest BCUT2D eigenvalue weighted by atomic mass is 10.1. The van der Waals surface area contributed by atoms with Gasteiger partial charge in [-0.1, -0.05) is 18.2 Å².